The molecule has 0 saturated heterocycles. The Morgan fingerprint density at radius 3 is 1.26 bits per heavy atom. The number of rotatable bonds is 2. The van der Waals surface area contributed by atoms with Crippen LogP contribution in [0.2, 0.25) is 0 Å². The molecule has 202 valence electrons. The molecule has 0 aromatic heterocycles. The van der Waals surface area contributed by atoms with Crippen LogP contribution in [0.3, 0.4) is 0 Å². The van der Waals surface area contributed by atoms with Gasteiger partial charge in [0.05, 0.1) is 0 Å². The number of fused-ring (bicyclic) bond motifs is 2. The van der Waals surface area contributed by atoms with Crippen molar-refractivity contribution in [3.8, 4) is 22.3 Å². The topological polar surface area (TPSA) is 0 Å². The fourth-order valence-corrected chi connectivity index (χ4v) is 4.51. The van der Waals surface area contributed by atoms with Gasteiger partial charge in [0.1, 0.15) is 0 Å². The van der Waals surface area contributed by atoms with Crippen LogP contribution in [0.1, 0.15) is 18.1 Å². The van der Waals surface area contributed by atoms with Gasteiger partial charge in [0, 0.05) is 0 Å². The minimum atomic E-state index is -1.76. The van der Waals surface area contributed by atoms with Crippen molar-refractivity contribution in [1.82, 2.24) is 0 Å². The molecule has 0 nitrogen and oxygen atoms in total. The Bertz CT molecular complexity index is 1490. The summed E-state index contributed by atoms with van der Waals surface area (Å²) >= 11 is -1.76. The third kappa shape index (κ3) is 8.71. The van der Waals surface area contributed by atoms with E-state index in [4.69, 9.17) is 17.0 Å². The molecule has 6 aromatic rings. The standard InChI is InChI=1S/2C16H13.C2H4.2CH3.2ClH.Zr/c2*1-12-10-14-8-5-9-15(16(14)11-12)13-6-3-2-4-7-13;1-2;;;;;/h2*2-11H,1H3;1H,2H3;2*1H3;2*1H;/q2*-1;;2*-1;;;+2/p-2. The van der Waals surface area contributed by atoms with Gasteiger partial charge >= 0.3 is 46.5 Å². The monoisotopic (exact) mass is 628 g/mol. The van der Waals surface area contributed by atoms with Gasteiger partial charge in [-0.15, -0.1) is 69.1 Å². The maximum Gasteiger partial charge on any atom is -0.0279 e. The van der Waals surface area contributed by atoms with Crippen molar-refractivity contribution in [3.05, 3.63) is 147 Å². The Morgan fingerprint density at radius 2 is 0.923 bits per heavy atom. The minimum absolute atomic E-state index is 0. The van der Waals surface area contributed by atoms with E-state index in [1.807, 2.05) is 10.6 Å². The summed E-state index contributed by atoms with van der Waals surface area (Å²) in [7, 11) is 10.7. The Morgan fingerprint density at radius 1 is 0.564 bits per heavy atom. The average molecular weight is 631 g/mol. The second-order valence-electron chi connectivity index (χ2n) is 8.99. The molecule has 0 unspecified atom stereocenters. The van der Waals surface area contributed by atoms with Crippen LogP contribution < -0.4 is 0 Å². The molecule has 0 spiro atoms. The smallest absolute Gasteiger partial charge is 0.0279 e. The molecule has 3 heteroatoms. The summed E-state index contributed by atoms with van der Waals surface area (Å²) in [6.07, 6.45) is 0. The normalized spacial score (nSPS) is 9.77. The molecule has 0 fully saturated rings. The van der Waals surface area contributed by atoms with Gasteiger partial charge in [0.25, 0.3) is 0 Å². The van der Waals surface area contributed by atoms with E-state index in [1.165, 1.54) is 54.9 Å². The first-order valence-electron chi connectivity index (χ1n) is 12.4. The molecule has 39 heavy (non-hydrogen) atoms. The zero-order valence-corrected chi connectivity index (χ0v) is 27.4. The predicted molar refractivity (Wildman–Crippen MR) is 176 cm³/mol. The zero-order chi connectivity index (χ0) is 26.2. The summed E-state index contributed by atoms with van der Waals surface area (Å²) in [4.78, 5) is 0. The van der Waals surface area contributed by atoms with Crippen molar-refractivity contribution in [2.24, 2.45) is 0 Å². The molecule has 0 aliphatic rings. The number of hydrogen-bond donors (Lipinski definition) is 0. The quantitative estimate of drug-likeness (QED) is 0.167. The molecule has 6 aromatic carbocycles. The van der Waals surface area contributed by atoms with Crippen molar-refractivity contribution in [3.63, 3.8) is 0 Å². The van der Waals surface area contributed by atoms with Crippen LogP contribution in [0.5, 0.6) is 0 Å². The summed E-state index contributed by atoms with van der Waals surface area (Å²) in [6.45, 7) is 6.19. The predicted octanol–water partition coefficient (Wildman–Crippen LogP) is 11.7. The first-order chi connectivity index (χ1) is 18.0. The fourth-order valence-electron chi connectivity index (χ4n) is 4.51. The van der Waals surface area contributed by atoms with Crippen LogP contribution in [-0.4, -0.2) is 3.71 Å². The van der Waals surface area contributed by atoms with Gasteiger partial charge < -0.3 is 14.9 Å². The van der Waals surface area contributed by atoms with Crippen molar-refractivity contribution < 1.29 is 18.9 Å². The summed E-state index contributed by atoms with van der Waals surface area (Å²) < 4.78 is 1.89. The molecule has 0 aliphatic carbocycles. The SMILES string of the molecule is C[CH]=[Zr]([Cl])[Cl].Cc1cc2c(-c3ccccc3)cccc2[cH-]1.Cc1cc2c(-c3ccccc3)cccc2[cH-]1.[CH3-].[CH3-]. The Labute approximate surface area is 249 Å². The van der Waals surface area contributed by atoms with Gasteiger partial charge in [-0.2, -0.15) is 12.1 Å². The van der Waals surface area contributed by atoms with E-state index in [9.17, 15) is 0 Å². The maximum atomic E-state index is 5.37. The third-order valence-electron chi connectivity index (χ3n) is 6.18. The van der Waals surface area contributed by atoms with Crippen LogP contribution in [0.25, 0.3) is 43.8 Å². The van der Waals surface area contributed by atoms with E-state index in [2.05, 4.69) is 135 Å². The molecule has 0 aliphatic heterocycles. The fraction of sp³-hybridized carbons (Fsp3) is 0.0833. The summed E-state index contributed by atoms with van der Waals surface area (Å²) in [5.41, 5.74) is 7.89. The molecule has 6 rings (SSSR count). The van der Waals surface area contributed by atoms with Crippen molar-refractivity contribution in [2.45, 2.75) is 20.8 Å². The van der Waals surface area contributed by atoms with Crippen molar-refractivity contribution in [1.29, 1.82) is 0 Å². The molecule has 0 atom stereocenters. The average Bonchev–Trinajstić information content (AvgIpc) is 3.50. The second-order valence-corrected chi connectivity index (χ2v) is 17.8. The van der Waals surface area contributed by atoms with Gasteiger partial charge in [-0.25, -0.2) is 0 Å². The third-order valence-corrected chi connectivity index (χ3v) is 9.83. The van der Waals surface area contributed by atoms with Crippen LogP contribution in [0.4, 0.5) is 0 Å². The summed E-state index contributed by atoms with van der Waals surface area (Å²) in [5, 5.41) is 5.37. The van der Waals surface area contributed by atoms with E-state index in [-0.39, 0.29) is 14.9 Å². The number of hydrogen-bond acceptors (Lipinski definition) is 0. The molecule has 0 saturated carbocycles. The first-order valence-corrected chi connectivity index (χ1v) is 20.1. The van der Waals surface area contributed by atoms with Gasteiger partial charge in [-0.1, -0.05) is 97.8 Å². The van der Waals surface area contributed by atoms with E-state index < -0.39 is 18.9 Å². The number of benzene rings is 4. The van der Waals surface area contributed by atoms with Crippen molar-refractivity contribution >= 4 is 42.3 Å². The molecular formula is C36H36Cl2Zr-4. The molecule has 0 radical (unpaired) electrons. The molecule has 0 N–H and O–H groups in total. The van der Waals surface area contributed by atoms with Crippen LogP contribution in [-0.2, 0) is 18.9 Å². The molecule has 0 bridgehead atoms. The van der Waals surface area contributed by atoms with Gasteiger partial charge in [0.15, 0.2) is 0 Å². The Balaban J connectivity index is 0.000000224. The maximum absolute atomic E-state index is 5.37. The van der Waals surface area contributed by atoms with E-state index in [1.54, 1.807) is 0 Å². The minimum Gasteiger partial charge on any atom is -0.358 e. The number of aryl methyl sites for hydroxylation is 2. The summed E-state index contributed by atoms with van der Waals surface area (Å²) in [6, 6.07) is 43.1. The van der Waals surface area contributed by atoms with Crippen LogP contribution in [0, 0.1) is 28.7 Å². The van der Waals surface area contributed by atoms with E-state index in [0.717, 1.165) is 0 Å². The largest absolute Gasteiger partial charge is 0.358 e. The van der Waals surface area contributed by atoms with E-state index in [0.29, 0.717) is 0 Å². The van der Waals surface area contributed by atoms with Gasteiger partial charge in [-0.05, 0) is 11.1 Å². The second kappa shape index (κ2) is 15.9. The van der Waals surface area contributed by atoms with Crippen LogP contribution in [0.15, 0.2) is 121 Å². The Kier molecular flexibility index (Phi) is 13.3. The van der Waals surface area contributed by atoms with Gasteiger partial charge in [-0.3, -0.25) is 0 Å². The summed E-state index contributed by atoms with van der Waals surface area (Å²) in [5.74, 6) is 0. The Hall–Kier alpha value is -2.57. The molecule has 0 heterocycles. The first kappa shape index (κ1) is 32.6. The van der Waals surface area contributed by atoms with Gasteiger partial charge in [0.2, 0.25) is 0 Å². The van der Waals surface area contributed by atoms with Crippen LogP contribution >= 0.6 is 17.0 Å². The zero-order valence-electron chi connectivity index (χ0n) is 23.4. The van der Waals surface area contributed by atoms with Crippen molar-refractivity contribution in [2.75, 3.05) is 0 Å². The van der Waals surface area contributed by atoms with E-state index >= 15 is 0 Å². The number of halogens is 2. The molecule has 0 amide bonds. The molecular weight excluding hydrogens is 595 g/mol.